The molecule has 0 atom stereocenters. The van der Waals surface area contributed by atoms with Crippen molar-refractivity contribution in [3.05, 3.63) is 37.0 Å². The molecular weight excluding hydrogens is 312 g/mol. The first-order chi connectivity index (χ1) is 12.9. The molecule has 0 fully saturated rings. The van der Waals surface area contributed by atoms with E-state index in [-0.39, 0.29) is 0 Å². The van der Waals surface area contributed by atoms with E-state index >= 15 is 0 Å². The van der Waals surface area contributed by atoms with E-state index in [2.05, 4.69) is 37.8 Å². The minimum atomic E-state index is 1.16. The van der Waals surface area contributed by atoms with E-state index in [9.17, 15) is 0 Å². The Bertz CT molecular complexity index is 310. The second-order valence-corrected chi connectivity index (χ2v) is 7.81. The summed E-state index contributed by atoms with van der Waals surface area (Å²) in [6.07, 6.45) is 37.4. The molecule has 0 spiro atoms. The quantitative estimate of drug-likeness (QED) is 0.108. The molecule has 152 valence electrons. The molecule has 0 bridgehead atoms. The molecule has 0 nitrogen and oxygen atoms in total. The normalized spacial score (nSPS) is 11.7. The van der Waals surface area contributed by atoms with Crippen LogP contribution in [0, 0.1) is 0 Å². The van der Waals surface area contributed by atoms with Gasteiger partial charge in [0.15, 0.2) is 0 Å². The lowest BCUT2D eigenvalue weighted by molar-refractivity contribution is 0.536. The van der Waals surface area contributed by atoms with Crippen LogP contribution in [0.15, 0.2) is 37.0 Å². The lowest BCUT2D eigenvalue weighted by Crippen LogP contribution is -1.83. The highest BCUT2D eigenvalue weighted by molar-refractivity contribution is 5.02. The fourth-order valence-corrected chi connectivity index (χ4v) is 3.36. The lowest BCUT2D eigenvalue weighted by atomic mass is 10.0. The van der Waals surface area contributed by atoms with E-state index < -0.39 is 0 Å². The van der Waals surface area contributed by atoms with Gasteiger partial charge in [0, 0.05) is 0 Å². The second-order valence-electron chi connectivity index (χ2n) is 7.81. The van der Waals surface area contributed by atoms with E-state index in [1.54, 1.807) is 0 Å². The van der Waals surface area contributed by atoms with E-state index in [1.807, 2.05) is 6.08 Å². The van der Waals surface area contributed by atoms with E-state index in [4.69, 9.17) is 0 Å². The summed E-state index contributed by atoms with van der Waals surface area (Å²) < 4.78 is 0. The number of allylic oxidation sites excluding steroid dienone is 5. The molecule has 0 aliphatic heterocycles. The summed E-state index contributed by atoms with van der Waals surface area (Å²) in [6, 6.07) is 0. The minimum absolute atomic E-state index is 1.16. The van der Waals surface area contributed by atoms with Gasteiger partial charge in [0.25, 0.3) is 0 Å². The van der Waals surface area contributed by atoms with Crippen molar-refractivity contribution in [2.75, 3.05) is 0 Å². The molecule has 0 aromatic rings. The summed E-state index contributed by atoms with van der Waals surface area (Å²) in [7, 11) is 0. The van der Waals surface area contributed by atoms with Crippen LogP contribution in [0.2, 0.25) is 0 Å². The number of rotatable bonds is 21. The van der Waals surface area contributed by atoms with Gasteiger partial charge in [0.2, 0.25) is 0 Å². The van der Waals surface area contributed by atoms with Gasteiger partial charge in [-0.3, -0.25) is 0 Å². The lowest BCUT2D eigenvalue weighted by Gasteiger charge is -2.02. The Morgan fingerprint density at radius 3 is 1.23 bits per heavy atom. The van der Waals surface area contributed by atoms with Crippen LogP contribution in [0.3, 0.4) is 0 Å². The summed E-state index contributed by atoms with van der Waals surface area (Å²) in [6.45, 7) is 6.05. The van der Waals surface area contributed by atoms with Crippen LogP contribution in [-0.4, -0.2) is 0 Å². The molecule has 0 rings (SSSR count). The van der Waals surface area contributed by atoms with Gasteiger partial charge in [-0.15, -0.1) is 6.58 Å². The fraction of sp³-hybridized carbons (Fsp3) is 0.769. The van der Waals surface area contributed by atoms with Crippen LogP contribution in [0.25, 0.3) is 0 Å². The molecule has 0 unspecified atom stereocenters. The fourth-order valence-electron chi connectivity index (χ4n) is 3.36. The summed E-state index contributed by atoms with van der Waals surface area (Å²) in [5.41, 5.74) is 0. The maximum Gasteiger partial charge on any atom is -0.0347 e. The molecule has 0 saturated heterocycles. The first-order valence-corrected chi connectivity index (χ1v) is 11.8. The molecule has 0 aromatic heterocycles. The van der Waals surface area contributed by atoms with E-state index in [1.165, 1.54) is 116 Å². The van der Waals surface area contributed by atoms with Crippen LogP contribution >= 0.6 is 0 Å². The molecule has 0 amide bonds. The zero-order valence-electron chi connectivity index (χ0n) is 18.0. The molecule has 0 heterocycles. The van der Waals surface area contributed by atoms with Crippen molar-refractivity contribution in [2.24, 2.45) is 0 Å². The molecule has 0 aliphatic carbocycles. The van der Waals surface area contributed by atoms with Gasteiger partial charge in [-0.25, -0.2) is 0 Å². The van der Waals surface area contributed by atoms with Gasteiger partial charge in [-0.2, -0.15) is 0 Å². The standard InChI is InChI=1S/C26H48/c1-3-5-7-9-11-13-15-17-19-21-23-25-26-24-22-20-18-16-14-12-10-8-6-4-2/h3,13,15,17,19H,1,4-12,14,16,18,20-26H2,2H3. The molecule has 0 aromatic carbocycles. The summed E-state index contributed by atoms with van der Waals surface area (Å²) in [5.74, 6) is 0. The van der Waals surface area contributed by atoms with Crippen LogP contribution < -0.4 is 0 Å². The van der Waals surface area contributed by atoms with Gasteiger partial charge in [-0.05, 0) is 38.5 Å². The van der Waals surface area contributed by atoms with Gasteiger partial charge < -0.3 is 0 Å². The van der Waals surface area contributed by atoms with Crippen molar-refractivity contribution < 1.29 is 0 Å². The van der Waals surface area contributed by atoms with E-state index in [0.717, 1.165) is 6.42 Å². The highest BCUT2D eigenvalue weighted by Gasteiger charge is 1.93. The van der Waals surface area contributed by atoms with Gasteiger partial charge in [-0.1, -0.05) is 121 Å². The molecule has 0 N–H and O–H groups in total. The zero-order chi connectivity index (χ0) is 19.0. The molecule has 0 aliphatic rings. The Morgan fingerprint density at radius 1 is 0.462 bits per heavy atom. The van der Waals surface area contributed by atoms with Gasteiger partial charge in [0.1, 0.15) is 0 Å². The summed E-state index contributed by atoms with van der Waals surface area (Å²) in [5, 5.41) is 0. The number of unbranched alkanes of at least 4 members (excludes halogenated alkanes) is 17. The predicted octanol–water partition coefficient (Wildman–Crippen LogP) is 9.72. The Kier molecular flexibility index (Phi) is 23.5. The third-order valence-electron chi connectivity index (χ3n) is 5.14. The maximum atomic E-state index is 3.76. The maximum absolute atomic E-state index is 3.76. The summed E-state index contributed by atoms with van der Waals surface area (Å²) in [4.78, 5) is 0. The van der Waals surface area contributed by atoms with Crippen molar-refractivity contribution in [1.29, 1.82) is 0 Å². The smallest absolute Gasteiger partial charge is 0.0347 e. The van der Waals surface area contributed by atoms with Crippen molar-refractivity contribution in [3.8, 4) is 0 Å². The number of hydrogen-bond acceptors (Lipinski definition) is 0. The highest BCUT2D eigenvalue weighted by Crippen LogP contribution is 2.13. The zero-order valence-corrected chi connectivity index (χ0v) is 18.0. The molecule has 0 radical (unpaired) electrons. The van der Waals surface area contributed by atoms with Gasteiger partial charge in [0.05, 0.1) is 0 Å². The molecule has 26 heavy (non-hydrogen) atoms. The average Bonchev–Trinajstić information content (AvgIpc) is 2.66. The number of hydrogen-bond donors (Lipinski definition) is 0. The van der Waals surface area contributed by atoms with Crippen molar-refractivity contribution >= 4 is 0 Å². The Labute approximate surface area is 166 Å². The Morgan fingerprint density at radius 2 is 0.808 bits per heavy atom. The predicted molar refractivity (Wildman–Crippen MR) is 122 cm³/mol. The highest BCUT2D eigenvalue weighted by atomic mass is 14.0. The SMILES string of the molecule is C=CCCCCC=CC=CCCCCCCCCCCCCCCCC. The first-order valence-electron chi connectivity index (χ1n) is 11.8. The molecule has 0 heteroatoms. The monoisotopic (exact) mass is 360 g/mol. The third kappa shape index (κ3) is 23.2. The van der Waals surface area contributed by atoms with Crippen LogP contribution in [-0.2, 0) is 0 Å². The molecular formula is C26H48. The van der Waals surface area contributed by atoms with Crippen LogP contribution in [0.4, 0.5) is 0 Å². The topological polar surface area (TPSA) is 0 Å². The van der Waals surface area contributed by atoms with E-state index in [0.29, 0.717) is 0 Å². The van der Waals surface area contributed by atoms with Crippen LogP contribution in [0.1, 0.15) is 129 Å². The second kappa shape index (κ2) is 24.2. The Balaban J connectivity index is 3.11. The third-order valence-corrected chi connectivity index (χ3v) is 5.14. The van der Waals surface area contributed by atoms with Crippen molar-refractivity contribution in [3.63, 3.8) is 0 Å². The van der Waals surface area contributed by atoms with Gasteiger partial charge >= 0.3 is 0 Å². The van der Waals surface area contributed by atoms with Crippen molar-refractivity contribution in [1.82, 2.24) is 0 Å². The largest absolute Gasteiger partial charge is 0.103 e. The first kappa shape index (κ1) is 25.2. The average molecular weight is 361 g/mol. The molecule has 0 saturated carbocycles. The Hall–Kier alpha value is -0.780. The minimum Gasteiger partial charge on any atom is -0.103 e. The summed E-state index contributed by atoms with van der Waals surface area (Å²) >= 11 is 0. The van der Waals surface area contributed by atoms with Crippen molar-refractivity contribution in [2.45, 2.75) is 129 Å². The van der Waals surface area contributed by atoms with Crippen LogP contribution in [0.5, 0.6) is 0 Å².